The molecule has 0 aromatic heterocycles. The highest BCUT2D eigenvalue weighted by atomic mass is 19.1. The second kappa shape index (κ2) is 9.42. The molecule has 8 nitrogen and oxygen atoms in total. The van der Waals surface area contributed by atoms with Crippen molar-refractivity contribution >= 4 is 23.4 Å². The van der Waals surface area contributed by atoms with Crippen LogP contribution in [0.1, 0.15) is 23.1 Å². The number of Topliss-reactive ketones (excluding diaryl/α,β-unsaturated/α-hetero) is 1. The van der Waals surface area contributed by atoms with Crippen LogP contribution in [0.2, 0.25) is 0 Å². The van der Waals surface area contributed by atoms with Crippen molar-refractivity contribution in [1.82, 2.24) is 5.32 Å². The number of nitrogens with one attached hydrogen (secondary N) is 1. The highest BCUT2D eigenvalue weighted by Crippen LogP contribution is 2.44. The maximum absolute atomic E-state index is 13.5. The summed E-state index contributed by atoms with van der Waals surface area (Å²) >= 11 is 0. The van der Waals surface area contributed by atoms with Gasteiger partial charge in [-0.2, -0.15) is 4.79 Å². The minimum absolute atomic E-state index is 0.475. The minimum atomic E-state index is -1.11. The number of carbonyl (C=O) groups is 3. The van der Waals surface area contributed by atoms with Gasteiger partial charge in [0.1, 0.15) is 11.9 Å². The molecule has 2 aromatic rings. The number of hydrogen-bond acceptors (Lipinski definition) is 6. The molecule has 0 saturated carbocycles. The molecule has 9 heteroatoms. The van der Waals surface area contributed by atoms with E-state index in [-0.39, 0.29) is 0 Å². The first-order chi connectivity index (χ1) is 14.9. The van der Waals surface area contributed by atoms with Crippen LogP contribution in [0, 0.1) is 11.7 Å². The van der Waals surface area contributed by atoms with Gasteiger partial charge in [-0.05, 0) is 23.3 Å². The Morgan fingerprint density at radius 3 is 2.16 bits per heavy atom. The molecule has 0 aliphatic carbocycles. The Morgan fingerprint density at radius 2 is 1.61 bits per heavy atom. The molecule has 160 valence electrons. The third kappa shape index (κ3) is 4.28. The highest BCUT2D eigenvalue weighted by molar-refractivity contribution is 6.62. The molecule has 1 fully saturated rings. The summed E-state index contributed by atoms with van der Waals surface area (Å²) in [6.07, 6.45) is 0. The van der Waals surface area contributed by atoms with Crippen LogP contribution in [0.15, 0.2) is 54.6 Å². The van der Waals surface area contributed by atoms with E-state index in [4.69, 9.17) is 4.74 Å². The number of esters is 2. The number of hydrogen-bond donors (Lipinski definition) is 1. The molecule has 1 aliphatic heterocycles. The fourth-order valence-corrected chi connectivity index (χ4v) is 3.97. The van der Waals surface area contributed by atoms with E-state index >= 15 is 0 Å². The van der Waals surface area contributed by atoms with Gasteiger partial charge in [0.25, 0.3) is 5.78 Å². The quantitative estimate of drug-likeness (QED) is 0.248. The van der Waals surface area contributed by atoms with Gasteiger partial charge in [0.15, 0.2) is 0 Å². The Hall–Kier alpha value is -3.68. The van der Waals surface area contributed by atoms with E-state index in [0.717, 1.165) is 7.11 Å². The molecule has 1 aliphatic rings. The zero-order valence-corrected chi connectivity index (χ0v) is 16.8. The zero-order chi connectivity index (χ0) is 22.5. The average molecular weight is 425 g/mol. The lowest BCUT2D eigenvalue weighted by Gasteiger charge is -2.23. The number of nitrogens with zero attached hydrogens (tertiary/aromatic N) is 2. The summed E-state index contributed by atoms with van der Waals surface area (Å²) < 4.78 is 23.0. The van der Waals surface area contributed by atoms with Gasteiger partial charge in [0.05, 0.1) is 20.1 Å². The zero-order valence-electron chi connectivity index (χ0n) is 16.8. The lowest BCUT2D eigenvalue weighted by Crippen LogP contribution is -2.38. The summed E-state index contributed by atoms with van der Waals surface area (Å²) in [5.41, 5.74) is 9.68. The molecule has 1 heterocycles. The normalized spacial score (nSPS) is 22.3. The van der Waals surface area contributed by atoms with Crippen molar-refractivity contribution < 1.29 is 33.0 Å². The number of carbonyl (C=O) groups excluding carboxylic acids is 3. The van der Waals surface area contributed by atoms with Crippen molar-refractivity contribution in [1.29, 1.82) is 0 Å². The largest absolute Gasteiger partial charge is 0.468 e. The average Bonchev–Trinajstić information content (AvgIpc) is 3.20. The van der Waals surface area contributed by atoms with Crippen molar-refractivity contribution in [2.75, 3.05) is 14.2 Å². The minimum Gasteiger partial charge on any atom is -0.468 e. The van der Waals surface area contributed by atoms with Crippen LogP contribution in [0.4, 0.5) is 4.39 Å². The molecule has 1 saturated heterocycles. The van der Waals surface area contributed by atoms with Gasteiger partial charge >= 0.3 is 17.7 Å². The number of ether oxygens (including phenoxy) is 2. The van der Waals surface area contributed by atoms with E-state index in [0.29, 0.717) is 11.1 Å². The van der Waals surface area contributed by atoms with Crippen molar-refractivity contribution in [2.24, 2.45) is 5.92 Å². The molecule has 4 atom stereocenters. The van der Waals surface area contributed by atoms with E-state index in [2.05, 4.69) is 14.8 Å². The highest BCUT2D eigenvalue weighted by Gasteiger charge is 2.54. The SMILES string of the molecule is COC(=O)C(=[N+]=[N-])C(=O)[C@H]1[C@H](c2ccc(F)cc2)[C@@H](C(=O)OC)N[C@H]1c1ccccc1. The van der Waals surface area contributed by atoms with Gasteiger partial charge in [0, 0.05) is 12.0 Å². The third-order valence-electron chi connectivity index (χ3n) is 5.35. The summed E-state index contributed by atoms with van der Waals surface area (Å²) in [5, 5.41) is 3.11. The Bertz CT molecular complexity index is 1030. The first-order valence-electron chi connectivity index (χ1n) is 9.41. The van der Waals surface area contributed by atoms with Crippen LogP contribution in [0.25, 0.3) is 5.53 Å². The van der Waals surface area contributed by atoms with Gasteiger partial charge in [0.2, 0.25) is 0 Å². The predicted octanol–water partition coefficient (Wildman–Crippen LogP) is 1.82. The predicted molar refractivity (Wildman–Crippen MR) is 106 cm³/mol. The summed E-state index contributed by atoms with van der Waals surface area (Å²) in [6.45, 7) is 0. The maximum atomic E-state index is 13.5. The smallest absolute Gasteiger partial charge is 0.441 e. The van der Waals surface area contributed by atoms with Crippen LogP contribution < -0.4 is 5.32 Å². The van der Waals surface area contributed by atoms with Crippen molar-refractivity contribution in [3.63, 3.8) is 0 Å². The lowest BCUT2D eigenvalue weighted by atomic mass is 9.76. The lowest BCUT2D eigenvalue weighted by molar-refractivity contribution is -0.143. The van der Waals surface area contributed by atoms with Crippen LogP contribution in [0.5, 0.6) is 0 Å². The van der Waals surface area contributed by atoms with Gasteiger partial charge in [-0.1, -0.05) is 42.5 Å². The summed E-state index contributed by atoms with van der Waals surface area (Å²) in [5.74, 6) is -4.95. The summed E-state index contributed by atoms with van der Waals surface area (Å²) in [6, 6.07) is 12.5. The Labute approximate surface area is 177 Å². The number of rotatable bonds is 6. The molecule has 0 amide bonds. The standard InChI is InChI=1S/C22H20FN3O5/c1-30-21(28)18-15(12-8-10-14(23)11-9-12)16(20(27)19(26-24)22(29)31-2)17(25-18)13-6-4-3-5-7-13/h3-11,15-18,25H,1-2H3/t15-,16-,17-,18-/m0/s1. The summed E-state index contributed by atoms with van der Waals surface area (Å²) in [7, 11) is 2.27. The topological polar surface area (TPSA) is 118 Å². The monoisotopic (exact) mass is 425 g/mol. The van der Waals surface area contributed by atoms with E-state index in [9.17, 15) is 24.3 Å². The fraction of sp³-hybridized carbons (Fsp3) is 0.273. The van der Waals surface area contributed by atoms with Crippen molar-refractivity contribution in [2.45, 2.75) is 18.0 Å². The third-order valence-corrected chi connectivity index (χ3v) is 5.35. The number of ketones is 1. The number of methoxy groups -OCH3 is 2. The van der Waals surface area contributed by atoms with Gasteiger partial charge in [-0.15, -0.1) is 0 Å². The van der Waals surface area contributed by atoms with Crippen molar-refractivity contribution in [3.8, 4) is 0 Å². The van der Waals surface area contributed by atoms with E-state index in [1.54, 1.807) is 30.3 Å². The van der Waals surface area contributed by atoms with Gasteiger partial charge in [-0.25, -0.2) is 9.18 Å². The molecule has 0 spiro atoms. The van der Waals surface area contributed by atoms with Crippen LogP contribution in [0.3, 0.4) is 0 Å². The Balaban J connectivity index is 2.19. The maximum Gasteiger partial charge on any atom is 0.441 e. The van der Waals surface area contributed by atoms with Crippen LogP contribution in [-0.2, 0) is 23.9 Å². The molecule has 0 bridgehead atoms. The van der Waals surface area contributed by atoms with Crippen LogP contribution >= 0.6 is 0 Å². The first-order valence-corrected chi connectivity index (χ1v) is 9.41. The van der Waals surface area contributed by atoms with Gasteiger partial charge < -0.3 is 15.0 Å². The number of halogens is 1. The van der Waals surface area contributed by atoms with E-state index < -0.39 is 53.2 Å². The summed E-state index contributed by atoms with van der Waals surface area (Å²) in [4.78, 5) is 40.9. The Kier molecular flexibility index (Phi) is 6.69. The molecule has 31 heavy (non-hydrogen) atoms. The van der Waals surface area contributed by atoms with Crippen molar-refractivity contribution in [3.05, 3.63) is 77.1 Å². The van der Waals surface area contributed by atoms with E-state index in [1.807, 2.05) is 0 Å². The molecular formula is C22H20FN3O5. The molecular weight excluding hydrogens is 405 g/mol. The second-order valence-electron chi connectivity index (χ2n) is 6.96. The van der Waals surface area contributed by atoms with Gasteiger partial charge in [-0.3, -0.25) is 14.9 Å². The molecule has 2 aromatic carbocycles. The molecule has 1 N–H and O–H groups in total. The first kappa shape index (κ1) is 22.0. The molecule has 0 unspecified atom stereocenters. The van der Waals surface area contributed by atoms with Crippen LogP contribution in [-0.4, -0.2) is 48.5 Å². The molecule has 3 rings (SSSR count). The fourth-order valence-electron chi connectivity index (χ4n) is 3.97. The number of benzene rings is 2. The molecule has 0 radical (unpaired) electrons. The van der Waals surface area contributed by atoms with E-state index in [1.165, 1.54) is 31.4 Å². The Morgan fingerprint density at radius 1 is 0.968 bits per heavy atom. The second-order valence-corrected chi connectivity index (χ2v) is 6.96.